The molecular weight excluding hydrogens is 442 g/mol. The Hall–Kier alpha value is -3.65. The highest BCUT2D eigenvalue weighted by molar-refractivity contribution is 6.08. The lowest BCUT2D eigenvalue weighted by molar-refractivity contribution is -0.133. The van der Waals surface area contributed by atoms with Gasteiger partial charge in [-0.15, -0.1) is 0 Å². The van der Waals surface area contributed by atoms with Crippen LogP contribution in [-0.2, 0) is 24.8 Å². The van der Waals surface area contributed by atoms with E-state index in [1.165, 1.54) is 0 Å². The van der Waals surface area contributed by atoms with Crippen LogP contribution in [0, 0.1) is 6.92 Å². The maximum Gasteiger partial charge on any atom is 0.258 e. The molecule has 3 heterocycles. The Labute approximate surface area is 205 Å². The number of nitrogens with zero attached hydrogens (tertiary/aromatic N) is 4. The van der Waals surface area contributed by atoms with Crippen molar-refractivity contribution in [2.24, 2.45) is 7.05 Å². The Morgan fingerprint density at radius 3 is 2.69 bits per heavy atom. The van der Waals surface area contributed by atoms with Gasteiger partial charge in [-0.05, 0) is 61.6 Å². The Balaban J connectivity index is 1.33. The van der Waals surface area contributed by atoms with Gasteiger partial charge in [-0.2, -0.15) is 5.10 Å². The van der Waals surface area contributed by atoms with Crippen LogP contribution in [-0.4, -0.2) is 50.8 Å². The molecule has 2 aliphatic rings. The minimum atomic E-state index is -0.289. The summed E-state index contributed by atoms with van der Waals surface area (Å²) < 4.78 is 1.78. The van der Waals surface area contributed by atoms with Gasteiger partial charge in [0.25, 0.3) is 5.91 Å². The SMILES string of the molecule is Cc1cc(C(=O)N2Cc3cnn(C)c3Nc3ccccc32)ccc1CCC(=O)N1CCC(O)CC1. The topological polar surface area (TPSA) is 90.7 Å². The molecule has 2 amide bonds. The van der Waals surface area contributed by atoms with Crippen molar-refractivity contribution in [1.82, 2.24) is 14.7 Å². The molecule has 0 aliphatic carbocycles. The molecule has 2 aromatic carbocycles. The van der Waals surface area contributed by atoms with E-state index in [9.17, 15) is 14.7 Å². The number of rotatable bonds is 4. The van der Waals surface area contributed by atoms with E-state index in [0.717, 1.165) is 33.9 Å². The first kappa shape index (κ1) is 23.1. The molecule has 0 unspecified atom stereocenters. The molecule has 1 aromatic heterocycles. The fourth-order valence-corrected chi connectivity index (χ4v) is 4.92. The lowest BCUT2D eigenvalue weighted by Crippen LogP contribution is -2.40. The zero-order valence-corrected chi connectivity index (χ0v) is 20.2. The van der Waals surface area contributed by atoms with Gasteiger partial charge in [-0.25, -0.2) is 0 Å². The summed E-state index contributed by atoms with van der Waals surface area (Å²) in [4.78, 5) is 29.9. The van der Waals surface area contributed by atoms with Crippen LogP contribution in [0.1, 0.15) is 46.3 Å². The van der Waals surface area contributed by atoms with E-state index in [4.69, 9.17) is 0 Å². The van der Waals surface area contributed by atoms with Crippen LogP contribution in [0.25, 0.3) is 0 Å². The van der Waals surface area contributed by atoms with E-state index >= 15 is 0 Å². The summed E-state index contributed by atoms with van der Waals surface area (Å²) in [6, 6.07) is 13.5. The van der Waals surface area contributed by atoms with Crippen LogP contribution >= 0.6 is 0 Å². The van der Waals surface area contributed by atoms with Crippen LogP contribution < -0.4 is 10.2 Å². The first-order chi connectivity index (χ1) is 16.9. The van der Waals surface area contributed by atoms with E-state index in [2.05, 4.69) is 10.4 Å². The average Bonchev–Trinajstić information content (AvgIpc) is 3.11. The molecule has 2 aliphatic heterocycles. The zero-order valence-electron chi connectivity index (χ0n) is 20.2. The first-order valence-corrected chi connectivity index (χ1v) is 12.1. The summed E-state index contributed by atoms with van der Waals surface area (Å²) in [5.41, 5.74) is 5.33. The van der Waals surface area contributed by atoms with Crippen LogP contribution in [0.15, 0.2) is 48.7 Å². The molecule has 0 atom stereocenters. The van der Waals surface area contributed by atoms with Crippen molar-refractivity contribution in [2.45, 2.75) is 45.3 Å². The summed E-state index contributed by atoms with van der Waals surface area (Å²) in [6.07, 6.45) is 3.87. The Morgan fingerprint density at radius 1 is 1.14 bits per heavy atom. The zero-order chi connectivity index (χ0) is 24.5. The normalized spacial score (nSPS) is 15.7. The standard InChI is InChI=1S/C27H31N5O3/c1-18-15-20(8-7-19(18)9-10-25(34)31-13-11-22(33)12-14-31)27(35)32-17-21-16-28-30(2)26(21)29-23-5-3-4-6-24(23)32/h3-8,15-16,22,29,33H,9-14,17H2,1-2H3. The second kappa shape index (κ2) is 9.54. The molecule has 0 spiro atoms. The predicted octanol–water partition coefficient (Wildman–Crippen LogP) is 3.55. The van der Waals surface area contributed by atoms with Gasteiger partial charge in [0.05, 0.1) is 30.2 Å². The van der Waals surface area contributed by atoms with E-state index in [0.29, 0.717) is 50.9 Å². The third kappa shape index (κ3) is 4.66. The predicted molar refractivity (Wildman–Crippen MR) is 135 cm³/mol. The fourth-order valence-electron chi connectivity index (χ4n) is 4.92. The number of likely N-dealkylation sites (tertiary alicyclic amines) is 1. The Bertz CT molecular complexity index is 1260. The van der Waals surface area contributed by atoms with Gasteiger partial charge in [-0.3, -0.25) is 14.3 Å². The molecule has 0 bridgehead atoms. The van der Waals surface area contributed by atoms with Crippen LogP contribution in [0.4, 0.5) is 17.2 Å². The number of benzene rings is 2. The molecule has 8 nitrogen and oxygen atoms in total. The molecule has 1 saturated heterocycles. The number of nitrogens with one attached hydrogen (secondary N) is 1. The van der Waals surface area contributed by atoms with Crippen LogP contribution in [0.3, 0.4) is 0 Å². The number of aryl methyl sites for hydroxylation is 3. The van der Waals surface area contributed by atoms with Gasteiger partial charge in [0.1, 0.15) is 5.82 Å². The summed E-state index contributed by atoms with van der Waals surface area (Å²) in [6.45, 7) is 3.66. The third-order valence-electron chi connectivity index (χ3n) is 7.05. The summed E-state index contributed by atoms with van der Waals surface area (Å²) >= 11 is 0. The number of piperidine rings is 1. The number of carbonyl (C=O) groups is 2. The number of fused-ring (bicyclic) bond motifs is 2. The van der Waals surface area contributed by atoms with Gasteiger partial charge in [0.2, 0.25) is 5.91 Å². The number of hydrogen-bond acceptors (Lipinski definition) is 5. The molecule has 2 N–H and O–H groups in total. The molecule has 8 heteroatoms. The molecule has 3 aromatic rings. The highest BCUT2D eigenvalue weighted by Gasteiger charge is 2.27. The smallest absolute Gasteiger partial charge is 0.258 e. The van der Waals surface area contributed by atoms with Crippen molar-refractivity contribution in [1.29, 1.82) is 0 Å². The lowest BCUT2D eigenvalue weighted by Gasteiger charge is -2.29. The average molecular weight is 474 g/mol. The van der Waals surface area contributed by atoms with Crippen molar-refractivity contribution < 1.29 is 14.7 Å². The molecule has 0 radical (unpaired) electrons. The molecule has 0 saturated carbocycles. The fraction of sp³-hybridized carbons (Fsp3) is 0.370. The third-order valence-corrected chi connectivity index (χ3v) is 7.05. The van der Waals surface area contributed by atoms with Gasteiger partial charge in [0, 0.05) is 37.7 Å². The molecule has 5 rings (SSSR count). The number of hydrogen-bond donors (Lipinski definition) is 2. The highest BCUT2D eigenvalue weighted by atomic mass is 16.3. The first-order valence-electron chi connectivity index (χ1n) is 12.1. The Kier molecular flexibility index (Phi) is 6.30. The van der Waals surface area contributed by atoms with Gasteiger partial charge in [0.15, 0.2) is 0 Å². The second-order valence-electron chi connectivity index (χ2n) is 9.43. The number of amides is 2. The number of para-hydroxylation sites is 2. The van der Waals surface area contributed by atoms with Crippen molar-refractivity contribution in [2.75, 3.05) is 23.3 Å². The highest BCUT2D eigenvalue weighted by Crippen LogP contribution is 2.36. The minimum Gasteiger partial charge on any atom is -0.393 e. The van der Waals surface area contributed by atoms with Crippen molar-refractivity contribution in [3.8, 4) is 0 Å². The van der Waals surface area contributed by atoms with E-state index < -0.39 is 0 Å². The number of aliphatic hydroxyl groups is 1. The molecule has 182 valence electrons. The van der Waals surface area contributed by atoms with E-state index in [1.807, 2.05) is 61.3 Å². The minimum absolute atomic E-state index is 0.0754. The van der Waals surface area contributed by atoms with Gasteiger partial charge in [-0.1, -0.05) is 18.2 Å². The Morgan fingerprint density at radius 2 is 1.91 bits per heavy atom. The number of carbonyl (C=O) groups excluding carboxylic acids is 2. The van der Waals surface area contributed by atoms with Gasteiger partial charge >= 0.3 is 0 Å². The van der Waals surface area contributed by atoms with Gasteiger partial charge < -0.3 is 20.2 Å². The van der Waals surface area contributed by atoms with Crippen LogP contribution in [0.2, 0.25) is 0 Å². The summed E-state index contributed by atoms with van der Waals surface area (Å²) in [5.74, 6) is 0.929. The van der Waals surface area contributed by atoms with Crippen LogP contribution in [0.5, 0.6) is 0 Å². The van der Waals surface area contributed by atoms with E-state index in [-0.39, 0.29) is 17.9 Å². The number of aromatic nitrogens is 2. The monoisotopic (exact) mass is 473 g/mol. The van der Waals surface area contributed by atoms with Crippen molar-refractivity contribution in [3.63, 3.8) is 0 Å². The maximum absolute atomic E-state index is 13.7. The van der Waals surface area contributed by atoms with Crippen molar-refractivity contribution in [3.05, 3.63) is 70.9 Å². The number of anilines is 3. The quantitative estimate of drug-likeness (QED) is 0.605. The molecular formula is C27H31N5O3. The lowest BCUT2D eigenvalue weighted by atomic mass is 9.99. The van der Waals surface area contributed by atoms with Crippen molar-refractivity contribution >= 4 is 29.0 Å². The maximum atomic E-state index is 13.7. The number of aliphatic hydroxyl groups excluding tert-OH is 1. The summed E-state index contributed by atoms with van der Waals surface area (Å²) in [5, 5.41) is 17.4. The second-order valence-corrected chi connectivity index (χ2v) is 9.43. The van der Waals surface area contributed by atoms with E-state index in [1.54, 1.807) is 15.8 Å². The molecule has 35 heavy (non-hydrogen) atoms. The molecule has 1 fully saturated rings. The largest absolute Gasteiger partial charge is 0.393 e. The summed E-state index contributed by atoms with van der Waals surface area (Å²) in [7, 11) is 1.88.